The minimum absolute atomic E-state index is 0.00130. The van der Waals surface area contributed by atoms with Crippen LogP contribution in [0.3, 0.4) is 0 Å². The summed E-state index contributed by atoms with van der Waals surface area (Å²) in [5.41, 5.74) is 6.48. The van der Waals surface area contributed by atoms with Crippen LogP contribution < -0.4 is 5.73 Å². The first kappa shape index (κ1) is 13.4. The lowest BCUT2D eigenvalue weighted by Crippen LogP contribution is -2.52. The van der Waals surface area contributed by atoms with Crippen molar-refractivity contribution in [1.29, 1.82) is 0 Å². The summed E-state index contributed by atoms with van der Waals surface area (Å²) in [4.78, 5) is 0. The van der Waals surface area contributed by atoms with Gasteiger partial charge in [0.15, 0.2) is 0 Å². The SMILES string of the molecule is CCOC1(C(N)CCC2CC2)CCCC(C)C1. The van der Waals surface area contributed by atoms with Gasteiger partial charge in [0.2, 0.25) is 0 Å². The molecule has 2 heteroatoms. The Labute approximate surface area is 106 Å². The van der Waals surface area contributed by atoms with Crippen molar-refractivity contribution in [1.82, 2.24) is 0 Å². The van der Waals surface area contributed by atoms with E-state index >= 15 is 0 Å². The highest BCUT2D eigenvalue weighted by Gasteiger charge is 2.41. The molecule has 0 spiro atoms. The highest BCUT2D eigenvalue weighted by atomic mass is 16.5. The van der Waals surface area contributed by atoms with E-state index < -0.39 is 0 Å². The lowest BCUT2D eigenvalue weighted by molar-refractivity contribution is -0.0944. The maximum atomic E-state index is 6.48. The van der Waals surface area contributed by atoms with Crippen LogP contribution in [0.15, 0.2) is 0 Å². The van der Waals surface area contributed by atoms with Gasteiger partial charge >= 0.3 is 0 Å². The van der Waals surface area contributed by atoms with E-state index in [0.29, 0.717) is 0 Å². The molecule has 0 aromatic carbocycles. The molecule has 100 valence electrons. The van der Waals surface area contributed by atoms with Crippen LogP contribution in [0.25, 0.3) is 0 Å². The summed E-state index contributed by atoms with van der Waals surface area (Å²) in [5.74, 6) is 1.77. The second kappa shape index (κ2) is 5.71. The van der Waals surface area contributed by atoms with Crippen molar-refractivity contribution in [3.63, 3.8) is 0 Å². The van der Waals surface area contributed by atoms with Gasteiger partial charge in [-0.25, -0.2) is 0 Å². The largest absolute Gasteiger partial charge is 0.374 e. The Kier molecular flexibility index (Phi) is 4.48. The number of nitrogens with two attached hydrogens (primary N) is 1. The van der Waals surface area contributed by atoms with Gasteiger partial charge in [0, 0.05) is 12.6 Å². The first-order valence-electron chi connectivity index (χ1n) is 7.56. The zero-order valence-corrected chi connectivity index (χ0v) is 11.6. The number of hydrogen-bond acceptors (Lipinski definition) is 2. The van der Waals surface area contributed by atoms with E-state index in [1.807, 2.05) is 0 Å². The molecule has 0 saturated heterocycles. The van der Waals surface area contributed by atoms with Crippen molar-refractivity contribution in [3.05, 3.63) is 0 Å². The average Bonchev–Trinajstić information content (AvgIpc) is 3.10. The van der Waals surface area contributed by atoms with E-state index in [2.05, 4.69) is 13.8 Å². The first-order valence-corrected chi connectivity index (χ1v) is 7.56. The Hall–Kier alpha value is -0.0800. The fourth-order valence-corrected chi connectivity index (χ4v) is 3.49. The molecule has 0 aliphatic heterocycles. The lowest BCUT2D eigenvalue weighted by atomic mass is 9.73. The lowest BCUT2D eigenvalue weighted by Gasteiger charge is -2.44. The van der Waals surface area contributed by atoms with Crippen LogP contribution in [0, 0.1) is 11.8 Å². The molecule has 2 aliphatic rings. The third-order valence-corrected chi connectivity index (χ3v) is 4.68. The normalized spacial score (nSPS) is 35.8. The van der Waals surface area contributed by atoms with E-state index in [1.54, 1.807) is 0 Å². The second-order valence-corrected chi connectivity index (χ2v) is 6.33. The molecule has 3 atom stereocenters. The Morgan fingerprint density at radius 2 is 2.12 bits per heavy atom. The van der Waals surface area contributed by atoms with E-state index in [9.17, 15) is 0 Å². The average molecular weight is 239 g/mol. The zero-order valence-electron chi connectivity index (χ0n) is 11.6. The second-order valence-electron chi connectivity index (χ2n) is 6.33. The van der Waals surface area contributed by atoms with Gasteiger partial charge in [-0.3, -0.25) is 0 Å². The molecule has 0 radical (unpaired) electrons. The van der Waals surface area contributed by atoms with Gasteiger partial charge in [-0.05, 0) is 44.4 Å². The summed E-state index contributed by atoms with van der Waals surface area (Å²) in [6.45, 7) is 5.26. The monoisotopic (exact) mass is 239 g/mol. The van der Waals surface area contributed by atoms with Crippen LogP contribution in [0.1, 0.15) is 65.2 Å². The molecule has 17 heavy (non-hydrogen) atoms. The standard InChI is InChI=1S/C15H29NO/c1-3-17-15(10-4-5-12(2)11-15)14(16)9-8-13-6-7-13/h12-14H,3-11,16H2,1-2H3. The highest BCUT2D eigenvalue weighted by molar-refractivity contribution is 4.96. The fraction of sp³-hybridized carbons (Fsp3) is 1.00. The van der Waals surface area contributed by atoms with Gasteiger partial charge in [-0.1, -0.05) is 32.6 Å². The van der Waals surface area contributed by atoms with Crippen LogP contribution >= 0.6 is 0 Å². The van der Waals surface area contributed by atoms with Gasteiger partial charge in [-0.2, -0.15) is 0 Å². The number of ether oxygens (including phenoxy) is 1. The molecule has 2 fully saturated rings. The van der Waals surface area contributed by atoms with Crippen molar-refractivity contribution >= 4 is 0 Å². The van der Waals surface area contributed by atoms with Crippen LogP contribution in [-0.4, -0.2) is 18.2 Å². The third kappa shape index (κ3) is 3.45. The van der Waals surface area contributed by atoms with Crippen molar-refractivity contribution in [2.24, 2.45) is 17.6 Å². The summed E-state index contributed by atoms with van der Waals surface area (Å²) >= 11 is 0. The predicted molar refractivity (Wildman–Crippen MR) is 71.9 cm³/mol. The molecule has 0 aromatic rings. The molecule has 0 heterocycles. The third-order valence-electron chi connectivity index (χ3n) is 4.68. The molecule has 2 N–H and O–H groups in total. The molecular formula is C15H29NO. The summed E-state index contributed by atoms with van der Waals surface area (Å²) < 4.78 is 6.13. The van der Waals surface area contributed by atoms with Crippen LogP contribution in [0.2, 0.25) is 0 Å². The molecule has 2 nitrogen and oxygen atoms in total. The molecular weight excluding hydrogens is 210 g/mol. The van der Waals surface area contributed by atoms with Crippen LogP contribution in [-0.2, 0) is 4.74 Å². The van der Waals surface area contributed by atoms with Gasteiger partial charge in [0.05, 0.1) is 5.60 Å². The van der Waals surface area contributed by atoms with Gasteiger partial charge in [0.25, 0.3) is 0 Å². The van der Waals surface area contributed by atoms with Crippen molar-refractivity contribution in [2.75, 3.05) is 6.61 Å². The first-order chi connectivity index (χ1) is 8.16. The molecule has 2 saturated carbocycles. The number of hydrogen-bond donors (Lipinski definition) is 1. The Morgan fingerprint density at radius 3 is 2.71 bits per heavy atom. The summed E-state index contributed by atoms with van der Waals surface area (Å²) in [5, 5.41) is 0. The van der Waals surface area contributed by atoms with E-state index in [0.717, 1.165) is 24.9 Å². The Bertz CT molecular complexity index is 235. The Balaban J connectivity index is 1.92. The van der Waals surface area contributed by atoms with Crippen LogP contribution in [0.4, 0.5) is 0 Å². The van der Waals surface area contributed by atoms with Crippen LogP contribution in [0.5, 0.6) is 0 Å². The smallest absolute Gasteiger partial charge is 0.0835 e. The summed E-state index contributed by atoms with van der Waals surface area (Å²) in [6, 6.07) is 0.255. The molecule has 0 bridgehead atoms. The molecule has 0 amide bonds. The number of rotatable bonds is 6. The van der Waals surface area contributed by atoms with Crippen molar-refractivity contribution in [2.45, 2.75) is 76.9 Å². The van der Waals surface area contributed by atoms with Crippen molar-refractivity contribution < 1.29 is 4.74 Å². The molecule has 2 aliphatic carbocycles. The molecule has 2 rings (SSSR count). The van der Waals surface area contributed by atoms with E-state index in [-0.39, 0.29) is 11.6 Å². The maximum absolute atomic E-state index is 6.48. The van der Waals surface area contributed by atoms with E-state index in [1.165, 1.54) is 44.9 Å². The fourth-order valence-electron chi connectivity index (χ4n) is 3.49. The van der Waals surface area contributed by atoms with Gasteiger partial charge < -0.3 is 10.5 Å². The van der Waals surface area contributed by atoms with E-state index in [4.69, 9.17) is 10.5 Å². The predicted octanol–water partition coefficient (Wildman–Crippen LogP) is 3.49. The Morgan fingerprint density at radius 1 is 1.35 bits per heavy atom. The minimum Gasteiger partial charge on any atom is -0.374 e. The van der Waals surface area contributed by atoms with Gasteiger partial charge in [0.1, 0.15) is 0 Å². The highest BCUT2D eigenvalue weighted by Crippen LogP contribution is 2.40. The minimum atomic E-state index is 0.00130. The molecule has 3 unspecified atom stereocenters. The van der Waals surface area contributed by atoms with Gasteiger partial charge in [-0.15, -0.1) is 0 Å². The summed E-state index contributed by atoms with van der Waals surface area (Å²) in [6.07, 6.45) is 10.4. The zero-order chi connectivity index (χ0) is 12.3. The summed E-state index contributed by atoms with van der Waals surface area (Å²) in [7, 11) is 0. The topological polar surface area (TPSA) is 35.2 Å². The molecule has 0 aromatic heterocycles. The quantitative estimate of drug-likeness (QED) is 0.770. The van der Waals surface area contributed by atoms with Crippen molar-refractivity contribution in [3.8, 4) is 0 Å². The maximum Gasteiger partial charge on any atom is 0.0835 e.